The molecule has 0 saturated carbocycles. The van der Waals surface area contributed by atoms with Gasteiger partial charge in [-0.15, -0.1) is 0 Å². The Labute approximate surface area is 163 Å². The van der Waals surface area contributed by atoms with Crippen molar-refractivity contribution in [2.75, 3.05) is 6.61 Å². The number of hydrogen-bond donors (Lipinski definition) is 5. The molecule has 5 N–H and O–H groups in total. The lowest BCUT2D eigenvalue weighted by atomic mass is 9.66. The molecule has 7 atom stereocenters. The zero-order valence-electron chi connectivity index (χ0n) is 16.3. The number of carbonyl (C=O) groups excluding carboxylic acids is 1. The van der Waals surface area contributed by atoms with E-state index in [-0.39, 0.29) is 23.7 Å². The highest BCUT2D eigenvalue weighted by atomic mass is 16.7. The van der Waals surface area contributed by atoms with Gasteiger partial charge in [-0.3, -0.25) is 4.79 Å². The van der Waals surface area contributed by atoms with Crippen LogP contribution >= 0.6 is 0 Å². The summed E-state index contributed by atoms with van der Waals surface area (Å²) >= 11 is 0. The lowest BCUT2D eigenvalue weighted by Crippen LogP contribution is -2.59. The lowest BCUT2D eigenvalue weighted by Gasteiger charge is -2.41. The fourth-order valence-corrected chi connectivity index (χ4v) is 3.95. The monoisotopic (exact) mass is 402 g/mol. The second-order valence-corrected chi connectivity index (χ2v) is 8.31. The molecule has 1 fully saturated rings. The Bertz CT molecular complexity index is 613. The van der Waals surface area contributed by atoms with Crippen LogP contribution in [0.4, 0.5) is 0 Å². The summed E-state index contributed by atoms with van der Waals surface area (Å²) in [4.78, 5) is 23.4. The average Bonchev–Trinajstić information content (AvgIpc) is 2.59. The van der Waals surface area contributed by atoms with Gasteiger partial charge in [-0.1, -0.05) is 13.8 Å². The van der Waals surface area contributed by atoms with E-state index >= 15 is 0 Å². The van der Waals surface area contributed by atoms with Gasteiger partial charge in [0.2, 0.25) is 0 Å². The van der Waals surface area contributed by atoms with E-state index < -0.39 is 54.8 Å². The quantitative estimate of drug-likeness (QED) is 0.382. The van der Waals surface area contributed by atoms with Crippen LogP contribution in [0.2, 0.25) is 0 Å². The predicted octanol–water partition coefficient (Wildman–Crippen LogP) is -0.402. The first-order chi connectivity index (χ1) is 13.0. The normalized spacial score (nSPS) is 36.7. The number of rotatable bonds is 7. The Balaban J connectivity index is 2.01. The van der Waals surface area contributed by atoms with Gasteiger partial charge in [0.15, 0.2) is 12.1 Å². The number of carboxylic acid groups (broad SMARTS) is 1. The Morgan fingerprint density at radius 1 is 1.29 bits per heavy atom. The molecule has 0 aromatic rings. The van der Waals surface area contributed by atoms with Gasteiger partial charge >= 0.3 is 5.97 Å². The van der Waals surface area contributed by atoms with Crippen molar-refractivity contribution in [1.82, 2.24) is 0 Å². The molecule has 0 unspecified atom stereocenters. The van der Waals surface area contributed by atoms with E-state index in [1.807, 2.05) is 13.8 Å². The molecule has 1 saturated heterocycles. The summed E-state index contributed by atoms with van der Waals surface area (Å²) in [5, 5.41) is 48.4. The zero-order valence-corrected chi connectivity index (χ0v) is 16.3. The fraction of sp³-hybridized carbons (Fsp3) is 0.789. The van der Waals surface area contributed by atoms with Crippen LogP contribution in [0.15, 0.2) is 11.6 Å². The van der Waals surface area contributed by atoms with Crippen molar-refractivity contribution in [3.8, 4) is 0 Å². The first-order valence-electron chi connectivity index (χ1n) is 9.41. The third-order valence-electron chi connectivity index (χ3n) is 5.59. The van der Waals surface area contributed by atoms with Crippen molar-refractivity contribution >= 4 is 11.8 Å². The molecule has 0 bridgehead atoms. The SMILES string of the molecule is C[C@H](CC[C@@H]1C(C(=O)O)=CC(=O)CC1(C)C)O[C@@H]1O[C@H](CO)[C@@H](O)[C@H](O)[C@H]1O. The first kappa shape index (κ1) is 22.9. The molecule has 9 nitrogen and oxygen atoms in total. The third-order valence-corrected chi connectivity index (χ3v) is 5.59. The molecule has 1 aliphatic heterocycles. The number of aliphatic hydroxyl groups is 4. The van der Waals surface area contributed by atoms with E-state index in [0.29, 0.717) is 12.8 Å². The number of aliphatic hydroxyl groups excluding tert-OH is 4. The predicted molar refractivity (Wildman–Crippen MR) is 96.2 cm³/mol. The van der Waals surface area contributed by atoms with Crippen LogP contribution in [0.3, 0.4) is 0 Å². The Hall–Kier alpha value is -1.36. The minimum absolute atomic E-state index is 0.0845. The Kier molecular flexibility index (Phi) is 7.35. The summed E-state index contributed by atoms with van der Waals surface area (Å²) < 4.78 is 11.0. The summed E-state index contributed by atoms with van der Waals surface area (Å²) in [5.41, 5.74) is -0.427. The van der Waals surface area contributed by atoms with Gasteiger partial charge in [-0.05, 0) is 37.2 Å². The van der Waals surface area contributed by atoms with E-state index in [4.69, 9.17) is 9.47 Å². The summed E-state index contributed by atoms with van der Waals surface area (Å²) in [6.45, 7) is 4.88. The van der Waals surface area contributed by atoms with Gasteiger partial charge in [-0.2, -0.15) is 0 Å². The standard InChI is InChI=1S/C19H30O9/c1-9(27-18-16(24)15(23)14(22)13(8-20)28-18)4-5-12-11(17(25)26)6-10(21)7-19(12,2)3/h6,9,12-16,18,20,22-24H,4-5,7-8H2,1-3H3,(H,25,26)/t9-,12-,13-,14-,15+,16-,18-/m1/s1. The van der Waals surface area contributed by atoms with Gasteiger partial charge in [0.25, 0.3) is 0 Å². The van der Waals surface area contributed by atoms with Gasteiger partial charge in [0.1, 0.15) is 24.4 Å². The molecule has 0 spiro atoms. The summed E-state index contributed by atoms with van der Waals surface area (Å²) in [7, 11) is 0. The smallest absolute Gasteiger partial charge is 0.331 e. The highest BCUT2D eigenvalue weighted by Crippen LogP contribution is 2.43. The van der Waals surface area contributed by atoms with Crippen molar-refractivity contribution in [3.05, 3.63) is 11.6 Å². The van der Waals surface area contributed by atoms with E-state index in [1.165, 1.54) is 6.08 Å². The maximum absolute atomic E-state index is 11.8. The van der Waals surface area contributed by atoms with Crippen LogP contribution in [-0.4, -0.2) is 80.7 Å². The van der Waals surface area contributed by atoms with Gasteiger partial charge in [-0.25, -0.2) is 4.79 Å². The van der Waals surface area contributed by atoms with Crippen molar-refractivity contribution in [2.24, 2.45) is 11.3 Å². The number of aliphatic carboxylic acids is 1. The molecule has 9 heteroatoms. The van der Waals surface area contributed by atoms with Crippen LogP contribution < -0.4 is 0 Å². The summed E-state index contributed by atoms with van der Waals surface area (Å²) in [5.74, 6) is -1.67. The molecule has 0 radical (unpaired) electrons. The van der Waals surface area contributed by atoms with Crippen molar-refractivity contribution in [3.63, 3.8) is 0 Å². The van der Waals surface area contributed by atoms with Crippen LogP contribution in [0, 0.1) is 11.3 Å². The topological polar surface area (TPSA) is 154 Å². The molecule has 2 rings (SSSR count). The molecule has 1 heterocycles. The number of ether oxygens (including phenoxy) is 2. The molecular weight excluding hydrogens is 372 g/mol. The number of hydrogen-bond acceptors (Lipinski definition) is 8. The summed E-state index contributed by atoms with van der Waals surface area (Å²) in [6, 6.07) is 0. The second-order valence-electron chi connectivity index (χ2n) is 8.31. The molecule has 2 aliphatic rings. The minimum atomic E-state index is -1.52. The first-order valence-corrected chi connectivity index (χ1v) is 9.41. The highest BCUT2D eigenvalue weighted by Gasteiger charge is 2.45. The molecule has 160 valence electrons. The fourth-order valence-electron chi connectivity index (χ4n) is 3.95. The maximum Gasteiger partial charge on any atom is 0.331 e. The lowest BCUT2D eigenvalue weighted by molar-refractivity contribution is -0.310. The van der Waals surface area contributed by atoms with Crippen molar-refractivity contribution < 1.29 is 44.6 Å². The third kappa shape index (κ3) is 4.97. The average molecular weight is 402 g/mol. The minimum Gasteiger partial charge on any atom is -0.478 e. The van der Waals surface area contributed by atoms with Gasteiger partial charge < -0.3 is 35.0 Å². The van der Waals surface area contributed by atoms with Crippen molar-refractivity contribution in [2.45, 2.75) is 76.8 Å². The number of ketones is 1. The summed E-state index contributed by atoms with van der Waals surface area (Å²) in [6.07, 6.45) is -4.91. The van der Waals surface area contributed by atoms with E-state index in [2.05, 4.69) is 0 Å². The Morgan fingerprint density at radius 2 is 1.93 bits per heavy atom. The highest BCUT2D eigenvalue weighted by molar-refractivity contribution is 6.01. The van der Waals surface area contributed by atoms with Crippen molar-refractivity contribution in [1.29, 1.82) is 0 Å². The molecular formula is C19H30O9. The van der Waals surface area contributed by atoms with Gasteiger partial charge in [0.05, 0.1) is 12.7 Å². The van der Waals surface area contributed by atoms with Crippen LogP contribution in [0.1, 0.15) is 40.0 Å². The van der Waals surface area contributed by atoms with Crippen LogP contribution in [0.25, 0.3) is 0 Å². The second kappa shape index (κ2) is 8.98. The maximum atomic E-state index is 11.8. The van der Waals surface area contributed by atoms with E-state index in [9.17, 15) is 35.1 Å². The molecule has 0 aromatic heterocycles. The number of carbonyl (C=O) groups is 2. The zero-order chi connectivity index (χ0) is 21.2. The van der Waals surface area contributed by atoms with Crippen LogP contribution in [-0.2, 0) is 19.1 Å². The largest absolute Gasteiger partial charge is 0.478 e. The Morgan fingerprint density at radius 3 is 2.50 bits per heavy atom. The van der Waals surface area contributed by atoms with Gasteiger partial charge in [0, 0.05) is 12.0 Å². The van der Waals surface area contributed by atoms with Crippen LogP contribution in [0.5, 0.6) is 0 Å². The molecule has 0 amide bonds. The molecule has 28 heavy (non-hydrogen) atoms. The molecule has 1 aliphatic carbocycles. The number of carboxylic acids is 1. The molecule has 0 aromatic carbocycles. The van der Waals surface area contributed by atoms with E-state index in [0.717, 1.165) is 0 Å². The van der Waals surface area contributed by atoms with E-state index in [1.54, 1.807) is 6.92 Å². The number of allylic oxidation sites excluding steroid dienone is 1.